The number of rotatable bonds is 5. The van der Waals surface area contributed by atoms with Gasteiger partial charge in [0.1, 0.15) is 0 Å². The lowest BCUT2D eigenvalue weighted by Crippen LogP contribution is -2.39. The quantitative estimate of drug-likeness (QED) is 0.721. The van der Waals surface area contributed by atoms with Gasteiger partial charge < -0.3 is 10.4 Å². The summed E-state index contributed by atoms with van der Waals surface area (Å²) >= 11 is 0. The van der Waals surface area contributed by atoms with Crippen LogP contribution in [0.1, 0.15) is 19.8 Å². The Bertz CT molecular complexity index is 423. The molecule has 3 atom stereocenters. The third-order valence-corrected chi connectivity index (χ3v) is 6.03. The fourth-order valence-electron chi connectivity index (χ4n) is 3.02. The summed E-state index contributed by atoms with van der Waals surface area (Å²) in [5, 5.41) is 11.8. The molecule has 2 aliphatic heterocycles. The van der Waals surface area contributed by atoms with Crippen LogP contribution in [0.5, 0.6) is 0 Å². The summed E-state index contributed by atoms with van der Waals surface area (Å²) in [5.41, 5.74) is 0. The molecule has 0 aliphatic carbocycles. The van der Waals surface area contributed by atoms with Crippen LogP contribution in [0.2, 0.25) is 0 Å². The van der Waals surface area contributed by atoms with Crippen LogP contribution in [0.3, 0.4) is 0 Å². The molecule has 2 saturated heterocycles. The van der Waals surface area contributed by atoms with Crippen molar-refractivity contribution in [1.82, 2.24) is 9.62 Å². The predicted octanol–water partition coefficient (Wildman–Crippen LogP) is -0.279. The van der Waals surface area contributed by atoms with Crippen LogP contribution in [-0.2, 0) is 14.8 Å². The normalized spacial score (nSPS) is 32.6. The predicted molar refractivity (Wildman–Crippen MR) is 66.7 cm³/mol. The number of carbonyl (C=O) groups is 1. The van der Waals surface area contributed by atoms with Crippen LogP contribution in [0.15, 0.2) is 0 Å². The zero-order chi connectivity index (χ0) is 13.3. The van der Waals surface area contributed by atoms with Crippen LogP contribution in [0.4, 0.5) is 0 Å². The summed E-state index contributed by atoms with van der Waals surface area (Å²) in [6, 6.07) is 0.0276. The molecular formula is C11H20N2O4S. The number of nitrogens with zero attached hydrogens (tertiary/aromatic N) is 1. The molecule has 0 aromatic heterocycles. The standard InChI is InChI=1S/C11H20N2O4S/c1-8-10-6-12-5-9(10)7-13(8)18(16,17)4-2-3-11(14)15/h8-10,12H,2-7H2,1H3,(H,14,15). The van der Waals surface area contributed by atoms with E-state index in [0.29, 0.717) is 18.4 Å². The number of carboxylic acids is 1. The Hall–Kier alpha value is -0.660. The molecular weight excluding hydrogens is 256 g/mol. The van der Waals surface area contributed by atoms with Crippen molar-refractivity contribution in [3.63, 3.8) is 0 Å². The summed E-state index contributed by atoms with van der Waals surface area (Å²) in [6.07, 6.45) is 0.102. The first-order chi connectivity index (χ1) is 8.42. The maximum Gasteiger partial charge on any atom is 0.303 e. The minimum absolute atomic E-state index is 0.0276. The Morgan fingerprint density at radius 1 is 1.44 bits per heavy atom. The van der Waals surface area contributed by atoms with Crippen molar-refractivity contribution in [2.24, 2.45) is 11.8 Å². The van der Waals surface area contributed by atoms with E-state index in [1.54, 1.807) is 4.31 Å². The minimum atomic E-state index is -3.30. The molecule has 18 heavy (non-hydrogen) atoms. The van der Waals surface area contributed by atoms with Gasteiger partial charge >= 0.3 is 5.97 Å². The molecule has 2 rings (SSSR count). The molecule has 2 N–H and O–H groups in total. The Balaban J connectivity index is 1.96. The summed E-state index contributed by atoms with van der Waals surface area (Å²) < 4.78 is 25.9. The van der Waals surface area contributed by atoms with Gasteiger partial charge in [0.2, 0.25) is 10.0 Å². The molecule has 0 radical (unpaired) electrons. The maximum absolute atomic E-state index is 12.2. The van der Waals surface area contributed by atoms with Gasteiger partial charge in [0.25, 0.3) is 0 Å². The molecule has 104 valence electrons. The van der Waals surface area contributed by atoms with E-state index >= 15 is 0 Å². The minimum Gasteiger partial charge on any atom is -0.481 e. The molecule has 0 amide bonds. The van der Waals surface area contributed by atoms with Crippen molar-refractivity contribution < 1.29 is 18.3 Å². The van der Waals surface area contributed by atoms with E-state index in [4.69, 9.17) is 5.11 Å². The molecule has 3 unspecified atom stereocenters. The first-order valence-corrected chi connectivity index (χ1v) is 7.95. The van der Waals surface area contributed by atoms with Gasteiger partial charge in [-0.3, -0.25) is 4.79 Å². The number of aliphatic carboxylic acids is 1. The van der Waals surface area contributed by atoms with E-state index in [1.165, 1.54) is 0 Å². The van der Waals surface area contributed by atoms with Crippen LogP contribution in [-0.4, -0.2) is 55.2 Å². The van der Waals surface area contributed by atoms with E-state index in [0.717, 1.165) is 13.1 Å². The lowest BCUT2D eigenvalue weighted by Gasteiger charge is -2.23. The van der Waals surface area contributed by atoms with Crippen molar-refractivity contribution in [2.45, 2.75) is 25.8 Å². The Labute approximate surface area is 107 Å². The first kappa shape index (κ1) is 13.8. The summed E-state index contributed by atoms with van der Waals surface area (Å²) in [5.74, 6) is -0.189. The van der Waals surface area contributed by atoms with E-state index in [1.807, 2.05) is 6.92 Å². The highest BCUT2D eigenvalue weighted by molar-refractivity contribution is 7.89. The highest BCUT2D eigenvalue weighted by Crippen LogP contribution is 2.34. The smallest absolute Gasteiger partial charge is 0.303 e. The van der Waals surface area contributed by atoms with Crippen LogP contribution >= 0.6 is 0 Å². The van der Waals surface area contributed by atoms with Gasteiger partial charge in [0.05, 0.1) is 5.75 Å². The summed E-state index contributed by atoms with van der Waals surface area (Å²) in [6.45, 7) is 4.30. The fourth-order valence-corrected chi connectivity index (χ4v) is 4.84. The number of sulfonamides is 1. The first-order valence-electron chi connectivity index (χ1n) is 6.34. The maximum atomic E-state index is 12.2. The zero-order valence-electron chi connectivity index (χ0n) is 10.5. The Morgan fingerprint density at radius 3 is 2.78 bits per heavy atom. The molecule has 7 heteroatoms. The van der Waals surface area contributed by atoms with Gasteiger partial charge in [0.15, 0.2) is 0 Å². The van der Waals surface area contributed by atoms with Crippen molar-refractivity contribution in [3.8, 4) is 0 Å². The largest absolute Gasteiger partial charge is 0.481 e. The van der Waals surface area contributed by atoms with Crippen molar-refractivity contribution in [2.75, 3.05) is 25.4 Å². The van der Waals surface area contributed by atoms with E-state index in [9.17, 15) is 13.2 Å². The lowest BCUT2D eigenvalue weighted by molar-refractivity contribution is -0.137. The lowest BCUT2D eigenvalue weighted by atomic mass is 9.95. The van der Waals surface area contributed by atoms with Crippen molar-refractivity contribution in [3.05, 3.63) is 0 Å². The van der Waals surface area contributed by atoms with E-state index < -0.39 is 16.0 Å². The summed E-state index contributed by atoms with van der Waals surface area (Å²) in [7, 11) is -3.30. The zero-order valence-corrected chi connectivity index (χ0v) is 11.3. The highest BCUT2D eigenvalue weighted by Gasteiger charge is 2.46. The second-order valence-electron chi connectivity index (χ2n) is 5.21. The summed E-state index contributed by atoms with van der Waals surface area (Å²) in [4.78, 5) is 10.4. The molecule has 6 nitrogen and oxygen atoms in total. The monoisotopic (exact) mass is 276 g/mol. The third kappa shape index (κ3) is 2.67. The van der Waals surface area contributed by atoms with E-state index in [2.05, 4.69) is 5.32 Å². The second kappa shape index (κ2) is 5.14. The number of fused-ring (bicyclic) bond motifs is 1. The van der Waals surface area contributed by atoms with Crippen molar-refractivity contribution in [1.29, 1.82) is 0 Å². The molecule has 0 aromatic carbocycles. The molecule has 0 saturated carbocycles. The fraction of sp³-hybridized carbons (Fsp3) is 0.909. The molecule has 2 heterocycles. The molecule has 2 fully saturated rings. The number of carboxylic acid groups (broad SMARTS) is 1. The van der Waals surface area contributed by atoms with Crippen molar-refractivity contribution >= 4 is 16.0 Å². The van der Waals surface area contributed by atoms with Gasteiger partial charge in [-0.25, -0.2) is 8.42 Å². The number of nitrogens with one attached hydrogen (secondary N) is 1. The van der Waals surface area contributed by atoms with Crippen LogP contribution in [0, 0.1) is 11.8 Å². The third-order valence-electron chi connectivity index (χ3n) is 4.03. The van der Waals surface area contributed by atoms with Crippen LogP contribution in [0.25, 0.3) is 0 Å². The average molecular weight is 276 g/mol. The van der Waals surface area contributed by atoms with Crippen LogP contribution < -0.4 is 5.32 Å². The van der Waals surface area contributed by atoms with Gasteiger partial charge in [-0.05, 0) is 38.3 Å². The molecule has 2 aliphatic rings. The second-order valence-corrected chi connectivity index (χ2v) is 7.25. The van der Waals surface area contributed by atoms with Gasteiger partial charge in [-0.2, -0.15) is 4.31 Å². The molecule has 0 bridgehead atoms. The SMILES string of the molecule is CC1C2CNCC2CN1S(=O)(=O)CCCC(=O)O. The molecule has 0 aromatic rings. The topological polar surface area (TPSA) is 86.7 Å². The molecule has 0 spiro atoms. The van der Waals surface area contributed by atoms with E-state index in [-0.39, 0.29) is 24.6 Å². The Kier molecular flexibility index (Phi) is 3.93. The van der Waals surface area contributed by atoms with Gasteiger partial charge in [0, 0.05) is 19.0 Å². The van der Waals surface area contributed by atoms with Gasteiger partial charge in [-0.15, -0.1) is 0 Å². The number of hydrogen-bond donors (Lipinski definition) is 2. The van der Waals surface area contributed by atoms with Gasteiger partial charge in [-0.1, -0.05) is 0 Å². The Morgan fingerprint density at radius 2 is 2.17 bits per heavy atom. The number of hydrogen-bond acceptors (Lipinski definition) is 4. The highest BCUT2D eigenvalue weighted by atomic mass is 32.2. The average Bonchev–Trinajstić information content (AvgIpc) is 2.81.